The molecule has 0 saturated carbocycles. The van der Waals surface area contributed by atoms with E-state index in [1.165, 1.54) is 0 Å². The molecule has 0 fully saturated rings. The Morgan fingerprint density at radius 1 is 0.964 bits per heavy atom. The summed E-state index contributed by atoms with van der Waals surface area (Å²) >= 11 is 0. The number of anilines is 1. The van der Waals surface area contributed by atoms with Crippen molar-refractivity contribution in [2.45, 2.75) is 6.54 Å². The first-order chi connectivity index (χ1) is 13.5. The summed E-state index contributed by atoms with van der Waals surface area (Å²) < 4.78 is 0. The summed E-state index contributed by atoms with van der Waals surface area (Å²) in [5.41, 5.74) is 3.03. The van der Waals surface area contributed by atoms with Crippen LogP contribution in [0.5, 0.6) is 5.88 Å². The molecule has 0 unspecified atom stereocenters. The third-order valence-electron chi connectivity index (χ3n) is 3.93. The number of carboxylic acids is 1. The molecule has 0 atom stereocenters. The zero-order valence-corrected chi connectivity index (χ0v) is 14.8. The highest BCUT2D eigenvalue weighted by molar-refractivity contribution is 5.97. The number of rotatable bonds is 7. The van der Waals surface area contributed by atoms with Gasteiger partial charge in [-0.15, -0.1) is 0 Å². The van der Waals surface area contributed by atoms with Crippen molar-refractivity contribution in [3.05, 3.63) is 71.9 Å². The highest BCUT2D eigenvalue weighted by atomic mass is 16.4. The smallest absolute Gasteiger partial charge is 0.322 e. The molecule has 142 valence electrons. The molecule has 1 amide bonds. The Morgan fingerprint density at radius 2 is 1.64 bits per heavy atom. The number of aromatic hydroxyl groups is 1. The molecular weight excluding hydrogens is 360 g/mol. The Bertz CT molecular complexity index is 975. The summed E-state index contributed by atoms with van der Waals surface area (Å²) in [4.78, 5) is 30.1. The van der Waals surface area contributed by atoms with Crippen molar-refractivity contribution in [1.29, 1.82) is 0 Å². The van der Waals surface area contributed by atoms with Gasteiger partial charge in [0.25, 0.3) is 5.91 Å². The summed E-state index contributed by atoms with van der Waals surface area (Å²) in [5, 5.41) is 23.6. The summed E-state index contributed by atoms with van der Waals surface area (Å²) in [6.45, 7) is -0.129. The van der Waals surface area contributed by atoms with E-state index in [0.29, 0.717) is 6.54 Å². The largest absolute Gasteiger partial charge is 0.493 e. The molecule has 28 heavy (non-hydrogen) atoms. The van der Waals surface area contributed by atoms with Gasteiger partial charge in [0.05, 0.1) is 0 Å². The summed E-state index contributed by atoms with van der Waals surface area (Å²) in [5.74, 6) is -2.33. The average Bonchev–Trinajstić information content (AvgIpc) is 2.71. The first-order valence-electron chi connectivity index (χ1n) is 8.47. The highest BCUT2D eigenvalue weighted by Gasteiger charge is 2.14. The Morgan fingerprint density at radius 3 is 2.29 bits per heavy atom. The highest BCUT2D eigenvalue weighted by Crippen LogP contribution is 2.20. The lowest BCUT2D eigenvalue weighted by Gasteiger charge is -2.08. The second kappa shape index (κ2) is 8.63. The molecule has 1 aromatic heterocycles. The molecule has 8 heteroatoms. The van der Waals surface area contributed by atoms with Gasteiger partial charge in [-0.1, -0.05) is 54.6 Å². The van der Waals surface area contributed by atoms with Gasteiger partial charge in [0.2, 0.25) is 11.8 Å². The number of hydrogen-bond donors (Lipinski definition) is 4. The fourth-order valence-corrected chi connectivity index (χ4v) is 2.50. The number of hydrogen-bond acceptors (Lipinski definition) is 6. The molecular formula is C20H18N4O4. The third kappa shape index (κ3) is 4.82. The summed E-state index contributed by atoms with van der Waals surface area (Å²) in [7, 11) is 0. The van der Waals surface area contributed by atoms with Crippen LogP contribution in [-0.4, -0.2) is 38.6 Å². The molecule has 0 spiro atoms. The van der Waals surface area contributed by atoms with Crippen molar-refractivity contribution in [3.63, 3.8) is 0 Å². The number of carbonyl (C=O) groups is 2. The van der Waals surface area contributed by atoms with Crippen LogP contribution in [0.15, 0.2) is 60.8 Å². The maximum Gasteiger partial charge on any atom is 0.322 e. The number of nitrogens with one attached hydrogen (secondary N) is 2. The lowest BCUT2D eigenvalue weighted by molar-refractivity contribution is -0.135. The quantitative estimate of drug-likeness (QED) is 0.497. The van der Waals surface area contributed by atoms with Crippen LogP contribution < -0.4 is 10.6 Å². The van der Waals surface area contributed by atoms with Crippen LogP contribution in [0.2, 0.25) is 0 Å². The number of carbonyl (C=O) groups excluding carboxylic acids is 1. The van der Waals surface area contributed by atoms with Crippen LogP contribution in [0.3, 0.4) is 0 Å². The average molecular weight is 378 g/mol. The van der Waals surface area contributed by atoms with Crippen molar-refractivity contribution in [3.8, 4) is 17.0 Å². The standard InChI is InChI=1S/C20H18N4O4/c25-17(26)12-21-18(27)16-11-23-20(24-19(16)28)22-10-13-6-8-15(9-7-13)14-4-2-1-3-5-14/h1-9,11H,10,12H2,(H,21,27)(H,25,26)(H2,22,23,24,28). The Kier molecular flexibility index (Phi) is 5.81. The molecule has 0 aliphatic heterocycles. The van der Waals surface area contributed by atoms with Gasteiger partial charge >= 0.3 is 5.97 Å². The van der Waals surface area contributed by atoms with E-state index in [4.69, 9.17) is 5.11 Å². The first-order valence-corrected chi connectivity index (χ1v) is 8.47. The van der Waals surface area contributed by atoms with Crippen LogP contribution in [0.25, 0.3) is 11.1 Å². The first kappa shape index (κ1) is 18.8. The van der Waals surface area contributed by atoms with Gasteiger partial charge in [-0.2, -0.15) is 4.98 Å². The summed E-state index contributed by atoms with van der Waals surface area (Å²) in [6.07, 6.45) is 1.14. The number of aromatic nitrogens is 2. The van der Waals surface area contributed by atoms with Crippen LogP contribution >= 0.6 is 0 Å². The van der Waals surface area contributed by atoms with E-state index in [9.17, 15) is 14.7 Å². The van der Waals surface area contributed by atoms with Crippen molar-refractivity contribution >= 4 is 17.8 Å². The number of aliphatic carboxylic acids is 1. The fraction of sp³-hybridized carbons (Fsp3) is 0.100. The molecule has 3 rings (SSSR count). The minimum atomic E-state index is -1.19. The van der Waals surface area contributed by atoms with Gasteiger partial charge in [0.15, 0.2) is 0 Å². The number of nitrogens with zero attached hydrogens (tertiary/aromatic N) is 2. The van der Waals surface area contributed by atoms with Gasteiger partial charge < -0.3 is 20.8 Å². The van der Waals surface area contributed by atoms with Crippen molar-refractivity contribution < 1.29 is 19.8 Å². The molecule has 4 N–H and O–H groups in total. The fourth-order valence-electron chi connectivity index (χ4n) is 2.50. The van der Waals surface area contributed by atoms with E-state index in [2.05, 4.69) is 20.6 Å². The lowest BCUT2D eigenvalue weighted by Crippen LogP contribution is -2.29. The second-order valence-electron chi connectivity index (χ2n) is 5.92. The van der Waals surface area contributed by atoms with Crippen LogP contribution in [0.4, 0.5) is 5.95 Å². The van der Waals surface area contributed by atoms with E-state index in [1.807, 2.05) is 54.6 Å². The molecule has 3 aromatic rings. The minimum absolute atomic E-state index is 0.152. The Balaban J connectivity index is 1.61. The number of benzene rings is 2. The second-order valence-corrected chi connectivity index (χ2v) is 5.92. The molecule has 0 radical (unpaired) electrons. The van der Waals surface area contributed by atoms with Crippen molar-refractivity contribution in [2.75, 3.05) is 11.9 Å². The monoisotopic (exact) mass is 378 g/mol. The molecule has 0 aliphatic carbocycles. The lowest BCUT2D eigenvalue weighted by atomic mass is 10.0. The maximum absolute atomic E-state index is 11.8. The van der Waals surface area contributed by atoms with E-state index in [-0.39, 0.29) is 11.5 Å². The summed E-state index contributed by atoms with van der Waals surface area (Å²) in [6, 6.07) is 18.0. The van der Waals surface area contributed by atoms with Crippen LogP contribution in [-0.2, 0) is 11.3 Å². The van der Waals surface area contributed by atoms with E-state index in [1.54, 1.807) is 0 Å². The van der Waals surface area contributed by atoms with Gasteiger partial charge in [-0.25, -0.2) is 4.98 Å². The molecule has 0 bridgehead atoms. The molecule has 0 saturated heterocycles. The van der Waals surface area contributed by atoms with Gasteiger partial charge in [0.1, 0.15) is 12.1 Å². The van der Waals surface area contributed by atoms with E-state index >= 15 is 0 Å². The molecule has 0 aliphatic rings. The van der Waals surface area contributed by atoms with Gasteiger partial charge in [0, 0.05) is 12.7 Å². The Hall–Kier alpha value is -3.94. The maximum atomic E-state index is 11.8. The molecule has 2 aromatic carbocycles. The van der Waals surface area contributed by atoms with Gasteiger partial charge in [-0.05, 0) is 16.7 Å². The number of carboxylic acid groups (broad SMARTS) is 1. The van der Waals surface area contributed by atoms with Crippen LogP contribution in [0, 0.1) is 0 Å². The SMILES string of the molecule is O=C(O)CNC(=O)c1cnc(NCc2ccc(-c3ccccc3)cc2)nc1O. The number of amides is 1. The van der Waals surface area contributed by atoms with Gasteiger partial charge in [-0.3, -0.25) is 9.59 Å². The van der Waals surface area contributed by atoms with Crippen molar-refractivity contribution in [1.82, 2.24) is 15.3 Å². The normalized spacial score (nSPS) is 10.3. The van der Waals surface area contributed by atoms with Crippen molar-refractivity contribution in [2.24, 2.45) is 0 Å². The molecule has 8 nitrogen and oxygen atoms in total. The van der Waals surface area contributed by atoms with E-state index < -0.39 is 24.3 Å². The topological polar surface area (TPSA) is 124 Å². The predicted molar refractivity (Wildman–Crippen MR) is 103 cm³/mol. The predicted octanol–water partition coefficient (Wildman–Crippen LogP) is 2.28. The van der Waals surface area contributed by atoms with Crippen LogP contribution in [0.1, 0.15) is 15.9 Å². The zero-order chi connectivity index (χ0) is 19.9. The minimum Gasteiger partial charge on any atom is -0.493 e. The van der Waals surface area contributed by atoms with E-state index in [0.717, 1.165) is 22.9 Å². The Labute approximate surface area is 160 Å². The zero-order valence-electron chi connectivity index (χ0n) is 14.8. The third-order valence-corrected chi connectivity index (χ3v) is 3.93. The molecule has 1 heterocycles.